The molecule has 3 rings (SSSR count). The number of carbonyl (C=O) groups is 2. The number of anilines is 1. The maximum absolute atomic E-state index is 12.6. The molecule has 1 atom stereocenters. The largest absolute Gasteiger partial charge is 0.345 e. The Kier molecular flexibility index (Phi) is 6.31. The van der Waals surface area contributed by atoms with Gasteiger partial charge in [0.25, 0.3) is 11.8 Å². The van der Waals surface area contributed by atoms with E-state index < -0.39 is 0 Å². The summed E-state index contributed by atoms with van der Waals surface area (Å²) in [5, 5.41) is 7.91. The highest BCUT2D eigenvalue weighted by Crippen LogP contribution is 2.26. The lowest BCUT2D eigenvalue weighted by Gasteiger charge is -2.16. The summed E-state index contributed by atoms with van der Waals surface area (Å²) in [6.07, 6.45) is 0. The topological polar surface area (TPSA) is 58.2 Å². The van der Waals surface area contributed by atoms with Crippen LogP contribution in [0.5, 0.6) is 0 Å². The van der Waals surface area contributed by atoms with Crippen molar-refractivity contribution in [1.82, 2.24) is 5.32 Å². The Morgan fingerprint density at radius 2 is 1.85 bits per heavy atom. The third-order valence-electron chi connectivity index (χ3n) is 3.94. The smallest absolute Gasteiger partial charge is 0.265 e. The number of benzene rings is 2. The van der Waals surface area contributed by atoms with Gasteiger partial charge in [-0.3, -0.25) is 9.59 Å². The van der Waals surface area contributed by atoms with Crippen LogP contribution in [0.1, 0.15) is 38.6 Å². The van der Waals surface area contributed by atoms with E-state index in [2.05, 4.69) is 26.6 Å². The van der Waals surface area contributed by atoms with Crippen molar-refractivity contribution >= 4 is 56.4 Å². The minimum absolute atomic E-state index is 0.187. The molecule has 0 fully saturated rings. The first-order chi connectivity index (χ1) is 13.0. The molecule has 1 heterocycles. The molecule has 0 aliphatic heterocycles. The van der Waals surface area contributed by atoms with Gasteiger partial charge in [0, 0.05) is 10.0 Å². The average molecular weight is 464 g/mol. The molecule has 0 saturated heterocycles. The molecule has 0 aliphatic carbocycles. The molecule has 2 aromatic carbocycles. The quantitative estimate of drug-likeness (QED) is 0.494. The second-order valence-corrected chi connectivity index (χ2v) is 8.05. The van der Waals surface area contributed by atoms with Gasteiger partial charge < -0.3 is 10.6 Å². The Morgan fingerprint density at radius 1 is 1.07 bits per heavy atom. The highest BCUT2D eigenvalue weighted by molar-refractivity contribution is 9.10. The van der Waals surface area contributed by atoms with Crippen LogP contribution in [0.3, 0.4) is 0 Å². The fourth-order valence-corrected chi connectivity index (χ4v) is 3.95. The van der Waals surface area contributed by atoms with E-state index in [-0.39, 0.29) is 17.9 Å². The van der Waals surface area contributed by atoms with E-state index in [0.29, 0.717) is 21.2 Å². The van der Waals surface area contributed by atoms with Crippen LogP contribution in [0.4, 0.5) is 5.69 Å². The van der Waals surface area contributed by atoms with Crippen molar-refractivity contribution in [3.63, 3.8) is 0 Å². The summed E-state index contributed by atoms with van der Waals surface area (Å²) in [7, 11) is 0. The number of amides is 2. The van der Waals surface area contributed by atoms with Crippen LogP contribution in [0.15, 0.2) is 64.5 Å². The molecule has 2 amide bonds. The second-order valence-electron chi connectivity index (χ2n) is 5.84. The molecule has 1 aromatic heterocycles. The molecular formula is C20H16BrClN2O2S. The van der Waals surface area contributed by atoms with Crippen LogP contribution in [0.2, 0.25) is 5.02 Å². The highest BCUT2D eigenvalue weighted by Gasteiger charge is 2.16. The number of hydrogen-bond donors (Lipinski definition) is 2. The molecule has 2 N–H and O–H groups in total. The predicted octanol–water partition coefficient (Wildman–Crippen LogP) is 5.91. The van der Waals surface area contributed by atoms with Gasteiger partial charge in [-0.1, -0.05) is 51.8 Å². The fourth-order valence-electron chi connectivity index (χ4n) is 2.54. The second kappa shape index (κ2) is 8.69. The molecule has 4 nitrogen and oxygen atoms in total. The normalized spacial score (nSPS) is 11.7. The minimum atomic E-state index is -0.258. The number of rotatable bonds is 5. The van der Waals surface area contributed by atoms with Gasteiger partial charge in [-0.05, 0) is 48.2 Å². The summed E-state index contributed by atoms with van der Waals surface area (Å²) in [6, 6.07) is 15.9. The molecular weight excluding hydrogens is 448 g/mol. The van der Waals surface area contributed by atoms with Crippen molar-refractivity contribution in [3.05, 3.63) is 85.5 Å². The van der Waals surface area contributed by atoms with E-state index in [0.717, 1.165) is 10.0 Å². The van der Waals surface area contributed by atoms with Gasteiger partial charge in [0.2, 0.25) is 0 Å². The van der Waals surface area contributed by atoms with Crippen LogP contribution >= 0.6 is 38.9 Å². The molecule has 27 heavy (non-hydrogen) atoms. The summed E-state index contributed by atoms with van der Waals surface area (Å²) < 4.78 is 0.929. The molecule has 138 valence electrons. The number of carbonyl (C=O) groups excluding carboxylic acids is 2. The molecule has 0 spiro atoms. The maximum Gasteiger partial charge on any atom is 0.265 e. The third kappa shape index (κ3) is 4.77. The Bertz CT molecular complexity index is 976. The Morgan fingerprint density at radius 3 is 2.56 bits per heavy atom. The first kappa shape index (κ1) is 19.6. The lowest BCUT2D eigenvalue weighted by atomic mass is 10.1. The number of halogens is 2. The summed E-state index contributed by atoms with van der Waals surface area (Å²) in [6.45, 7) is 1.91. The van der Waals surface area contributed by atoms with Gasteiger partial charge in [0.15, 0.2) is 0 Å². The summed E-state index contributed by atoms with van der Waals surface area (Å²) >= 11 is 11.0. The number of nitrogens with one attached hydrogen (secondary N) is 2. The average Bonchev–Trinajstić information content (AvgIpc) is 3.18. The van der Waals surface area contributed by atoms with Crippen molar-refractivity contribution < 1.29 is 9.59 Å². The van der Waals surface area contributed by atoms with Crippen LogP contribution in [-0.2, 0) is 0 Å². The van der Waals surface area contributed by atoms with E-state index in [1.165, 1.54) is 11.3 Å². The first-order valence-corrected chi connectivity index (χ1v) is 10.2. The molecule has 1 unspecified atom stereocenters. The molecule has 0 bridgehead atoms. The summed E-state index contributed by atoms with van der Waals surface area (Å²) in [5.41, 5.74) is 1.79. The monoisotopic (exact) mass is 462 g/mol. The molecule has 0 saturated carbocycles. The standard InChI is InChI=1S/C20H16BrClN2O2S/c1-12(14-5-2-3-6-15(14)21)23-19(25)13-8-9-16(22)17(11-13)24-20(26)18-7-4-10-27-18/h2-12H,1H3,(H,23,25)(H,24,26). The van der Waals surface area contributed by atoms with Crippen LogP contribution in [-0.4, -0.2) is 11.8 Å². The predicted molar refractivity (Wildman–Crippen MR) is 114 cm³/mol. The number of thiophene rings is 1. The zero-order valence-electron chi connectivity index (χ0n) is 14.3. The number of hydrogen-bond acceptors (Lipinski definition) is 3. The van der Waals surface area contributed by atoms with E-state index in [4.69, 9.17) is 11.6 Å². The van der Waals surface area contributed by atoms with Crippen LogP contribution < -0.4 is 10.6 Å². The lowest BCUT2D eigenvalue weighted by molar-refractivity contribution is 0.0938. The first-order valence-electron chi connectivity index (χ1n) is 8.15. The van der Waals surface area contributed by atoms with Crippen molar-refractivity contribution in [2.75, 3.05) is 5.32 Å². The van der Waals surface area contributed by atoms with Gasteiger partial charge in [0.1, 0.15) is 0 Å². The van der Waals surface area contributed by atoms with Crippen molar-refractivity contribution in [2.45, 2.75) is 13.0 Å². The van der Waals surface area contributed by atoms with E-state index in [1.54, 1.807) is 30.3 Å². The van der Waals surface area contributed by atoms with Gasteiger partial charge in [0.05, 0.1) is 21.6 Å². The molecule has 3 aromatic rings. The van der Waals surface area contributed by atoms with Crippen LogP contribution in [0.25, 0.3) is 0 Å². The maximum atomic E-state index is 12.6. The molecule has 0 aliphatic rings. The summed E-state index contributed by atoms with van der Waals surface area (Å²) in [5.74, 6) is -0.507. The van der Waals surface area contributed by atoms with Gasteiger partial charge in [-0.15, -0.1) is 11.3 Å². The van der Waals surface area contributed by atoms with Gasteiger partial charge in [-0.2, -0.15) is 0 Å². The summed E-state index contributed by atoms with van der Waals surface area (Å²) in [4.78, 5) is 25.5. The van der Waals surface area contributed by atoms with E-state index >= 15 is 0 Å². The Hall–Kier alpha value is -2.15. The Labute approximate surface area is 174 Å². The highest BCUT2D eigenvalue weighted by atomic mass is 79.9. The van der Waals surface area contributed by atoms with Gasteiger partial charge >= 0.3 is 0 Å². The SMILES string of the molecule is CC(NC(=O)c1ccc(Cl)c(NC(=O)c2cccs2)c1)c1ccccc1Br. The Balaban J connectivity index is 1.75. The van der Waals surface area contributed by atoms with E-state index in [9.17, 15) is 9.59 Å². The fraction of sp³-hybridized carbons (Fsp3) is 0.100. The van der Waals surface area contributed by atoms with Crippen molar-refractivity contribution in [1.29, 1.82) is 0 Å². The van der Waals surface area contributed by atoms with Gasteiger partial charge in [-0.25, -0.2) is 0 Å². The lowest BCUT2D eigenvalue weighted by Crippen LogP contribution is -2.27. The van der Waals surface area contributed by atoms with Crippen molar-refractivity contribution in [3.8, 4) is 0 Å². The minimum Gasteiger partial charge on any atom is -0.345 e. The van der Waals surface area contributed by atoms with Crippen molar-refractivity contribution in [2.24, 2.45) is 0 Å². The zero-order valence-corrected chi connectivity index (χ0v) is 17.5. The van der Waals surface area contributed by atoms with E-state index in [1.807, 2.05) is 36.6 Å². The van der Waals surface area contributed by atoms with Crippen LogP contribution in [0, 0.1) is 0 Å². The molecule has 7 heteroatoms. The molecule has 0 radical (unpaired) electrons. The zero-order chi connectivity index (χ0) is 19.4. The third-order valence-corrected chi connectivity index (χ3v) is 5.86.